The highest BCUT2D eigenvalue weighted by Crippen LogP contribution is 2.37. The van der Waals surface area contributed by atoms with E-state index in [0.29, 0.717) is 26.0 Å². The van der Waals surface area contributed by atoms with Crippen molar-refractivity contribution >= 4 is 69.8 Å². The molecule has 3 aromatic carbocycles. The second kappa shape index (κ2) is 21.4. The van der Waals surface area contributed by atoms with E-state index in [1.165, 1.54) is 18.6 Å². The van der Waals surface area contributed by atoms with Gasteiger partial charge < -0.3 is 25.0 Å². The lowest BCUT2D eigenvalue weighted by Crippen LogP contribution is -2.57. The van der Waals surface area contributed by atoms with Crippen molar-refractivity contribution < 1.29 is 18.7 Å². The van der Waals surface area contributed by atoms with Gasteiger partial charge in [0.15, 0.2) is 0 Å². The van der Waals surface area contributed by atoms with Crippen LogP contribution < -0.4 is 20.3 Å². The van der Waals surface area contributed by atoms with Gasteiger partial charge in [0.25, 0.3) is 9.70 Å². The lowest BCUT2D eigenvalue weighted by atomic mass is 9.74. The Morgan fingerprint density at radius 2 is 1.72 bits per heavy atom. The molecule has 1 saturated heterocycles. The smallest absolute Gasteiger partial charge is 0.272 e. The van der Waals surface area contributed by atoms with E-state index in [1.54, 1.807) is 17.6 Å². The second-order valence-electron chi connectivity index (χ2n) is 12.1. The molecule has 3 aromatic rings. The van der Waals surface area contributed by atoms with E-state index in [2.05, 4.69) is 29.4 Å². The summed E-state index contributed by atoms with van der Waals surface area (Å²) < 4.78 is 22.7. The van der Waals surface area contributed by atoms with Crippen LogP contribution in [0.1, 0.15) is 38.7 Å². The number of hydrogen-bond acceptors (Lipinski definition) is 6. The SMILES string of the molecule is CCC.CNc1ccccc1.O=C(NC1(Cc2ccc(F)cc2)C=C(CN(C=S)c2cccc(OCCCN3CCOCC3)c2)C1)C(Cl)(Cl)Cl. The summed E-state index contributed by atoms with van der Waals surface area (Å²) in [5.41, 5.74) is 4.80. The summed E-state index contributed by atoms with van der Waals surface area (Å²) >= 11 is 22.8. The third kappa shape index (κ3) is 14.4. The van der Waals surface area contributed by atoms with Crippen LogP contribution in [0.5, 0.6) is 5.75 Å². The molecular weight excluding hydrogens is 718 g/mol. The number of carbonyl (C=O) groups is 1. The average molecular weight is 766 g/mol. The number of anilines is 2. The van der Waals surface area contributed by atoms with Gasteiger partial charge in [-0.1, -0.05) is 110 Å². The Labute approximate surface area is 317 Å². The van der Waals surface area contributed by atoms with E-state index >= 15 is 0 Å². The fourth-order valence-corrected chi connectivity index (χ4v) is 5.78. The van der Waals surface area contributed by atoms with Crippen LogP contribution in [0.25, 0.3) is 0 Å². The number of benzene rings is 3. The van der Waals surface area contributed by atoms with Crippen molar-refractivity contribution in [2.75, 3.05) is 63.3 Å². The maximum absolute atomic E-state index is 13.4. The van der Waals surface area contributed by atoms with Crippen molar-refractivity contribution in [1.29, 1.82) is 0 Å². The molecule has 0 aromatic heterocycles. The van der Waals surface area contributed by atoms with Crippen molar-refractivity contribution in [3.63, 3.8) is 0 Å². The molecule has 1 atom stereocenters. The van der Waals surface area contributed by atoms with E-state index in [9.17, 15) is 9.18 Å². The molecule has 1 amide bonds. The molecule has 0 bridgehead atoms. The molecular formula is C38H48Cl3FN4O3S. The number of amides is 1. The number of ether oxygens (including phenoxy) is 2. The zero-order valence-electron chi connectivity index (χ0n) is 29.0. The highest BCUT2D eigenvalue weighted by Gasteiger charge is 2.43. The summed E-state index contributed by atoms with van der Waals surface area (Å²) in [6.07, 6.45) is 5.09. The second-order valence-corrected chi connectivity index (χ2v) is 14.6. The molecule has 7 nitrogen and oxygen atoms in total. The first-order valence-corrected chi connectivity index (χ1v) is 18.4. The number of alkyl halides is 3. The number of para-hydroxylation sites is 1. The maximum atomic E-state index is 13.4. The summed E-state index contributed by atoms with van der Waals surface area (Å²) in [5.74, 6) is -0.266. The third-order valence-corrected chi connectivity index (χ3v) is 8.55. The highest BCUT2D eigenvalue weighted by molar-refractivity contribution is 7.79. The van der Waals surface area contributed by atoms with Gasteiger partial charge in [0.05, 0.1) is 30.9 Å². The van der Waals surface area contributed by atoms with Gasteiger partial charge in [-0.2, -0.15) is 0 Å². The monoisotopic (exact) mass is 764 g/mol. The van der Waals surface area contributed by atoms with Gasteiger partial charge in [-0.25, -0.2) is 4.39 Å². The maximum Gasteiger partial charge on any atom is 0.272 e. The van der Waals surface area contributed by atoms with Crippen LogP contribution in [-0.4, -0.2) is 78.7 Å². The molecule has 0 saturated carbocycles. The number of nitrogens with zero attached hydrogens (tertiary/aromatic N) is 2. The molecule has 272 valence electrons. The van der Waals surface area contributed by atoms with E-state index in [-0.39, 0.29) is 5.82 Å². The Balaban J connectivity index is 0.000000527. The molecule has 1 fully saturated rings. The molecule has 2 aliphatic rings. The molecule has 50 heavy (non-hydrogen) atoms. The van der Waals surface area contributed by atoms with E-state index in [4.69, 9.17) is 56.5 Å². The molecule has 1 unspecified atom stereocenters. The fraction of sp³-hybridized carbons (Fsp3) is 0.421. The van der Waals surface area contributed by atoms with Gasteiger partial charge in [0.1, 0.15) is 11.6 Å². The Morgan fingerprint density at radius 1 is 1.06 bits per heavy atom. The van der Waals surface area contributed by atoms with E-state index in [1.807, 2.05) is 72.6 Å². The standard InChI is InChI=1S/C28H31Cl3FN3O3S.C7H9N.C3H8/c29-28(30,31)26(36)33-27(16-21-5-7-23(32)8-6-21)17-22(18-27)19-35(20-39)24-3-1-4-25(15-24)38-12-2-9-34-10-13-37-14-11-34;1-8-7-5-3-2-4-6-7;1-3-2/h1,3-8,15,17,20H,2,9-14,16,18-19H2,(H,33,36);2-6,8H,1H3;3H2,1-2H3. The van der Waals surface area contributed by atoms with Gasteiger partial charge >= 0.3 is 0 Å². The lowest BCUT2D eigenvalue weighted by molar-refractivity contribution is -0.121. The summed E-state index contributed by atoms with van der Waals surface area (Å²) in [6.45, 7) is 9.90. The summed E-state index contributed by atoms with van der Waals surface area (Å²) in [6, 6.07) is 24.0. The van der Waals surface area contributed by atoms with Crippen LogP contribution in [0.4, 0.5) is 15.8 Å². The van der Waals surface area contributed by atoms with Crippen LogP contribution in [0.2, 0.25) is 0 Å². The predicted octanol–water partition coefficient (Wildman–Crippen LogP) is 8.63. The molecule has 1 aliphatic heterocycles. The zero-order chi connectivity index (χ0) is 36.4. The summed E-state index contributed by atoms with van der Waals surface area (Å²) in [5, 5.41) is 5.89. The number of rotatable bonds is 13. The Bertz CT molecular complexity index is 1490. The molecule has 0 radical (unpaired) electrons. The first kappa shape index (κ1) is 41.5. The minimum Gasteiger partial charge on any atom is -0.493 e. The first-order chi connectivity index (χ1) is 24.0. The fourth-order valence-electron chi connectivity index (χ4n) is 5.44. The normalized spacial score (nSPS) is 17.0. The zero-order valence-corrected chi connectivity index (χ0v) is 32.1. The minimum atomic E-state index is -2.09. The quantitative estimate of drug-likeness (QED) is 0.0782. The third-order valence-electron chi connectivity index (χ3n) is 7.78. The van der Waals surface area contributed by atoms with E-state index in [0.717, 1.165) is 67.5 Å². The van der Waals surface area contributed by atoms with Crippen molar-refractivity contribution in [3.8, 4) is 5.75 Å². The van der Waals surface area contributed by atoms with Crippen LogP contribution in [0.3, 0.4) is 0 Å². The largest absolute Gasteiger partial charge is 0.493 e. The van der Waals surface area contributed by atoms with Crippen molar-refractivity contribution in [2.24, 2.45) is 0 Å². The van der Waals surface area contributed by atoms with E-state index < -0.39 is 15.2 Å². The number of hydrogen-bond donors (Lipinski definition) is 2. The Kier molecular flexibility index (Phi) is 17.8. The number of carbonyl (C=O) groups excluding carboxylic acids is 1. The van der Waals surface area contributed by atoms with Crippen LogP contribution in [0, 0.1) is 5.82 Å². The molecule has 1 heterocycles. The van der Waals surface area contributed by atoms with Gasteiger partial charge in [0, 0.05) is 50.7 Å². The Morgan fingerprint density at radius 3 is 2.30 bits per heavy atom. The lowest BCUT2D eigenvalue weighted by Gasteiger charge is -2.42. The molecule has 1 aliphatic carbocycles. The first-order valence-electron chi connectivity index (χ1n) is 16.8. The molecule has 0 spiro atoms. The van der Waals surface area contributed by atoms with Crippen LogP contribution in [-0.2, 0) is 16.0 Å². The number of morpholine rings is 1. The topological polar surface area (TPSA) is 66.1 Å². The minimum absolute atomic E-state index is 0.331. The molecule has 2 N–H and O–H groups in total. The number of thiocarbonyl (C=S) groups is 1. The van der Waals surface area contributed by atoms with Gasteiger partial charge in [-0.05, 0) is 66.8 Å². The predicted molar refractivity (Wildman–Crippen MR) is 211 cm³/mol. The molecule has 12 heteroatoms. The average Bonchev–Trinajstić information content (AvgIpc) is 3.10. The van der Waals surface area contributed by atoms with Gasteiger partial charge in [-0.15, -0.1) is 0 Å². The van der Waals surface area contributed by atoms with Gasteiger partial charge in [-0.3, -0.25) is 9.69 Å². The molecule has 5 rings (SSSR count). The summed E-state index contributed by atoms with van der Waals surface area (Å²) in [4.78, 5) is 16.8. The van der Waals surface area contributed by atoms with Gasteiger partial charge in [0.2, 0.25) is 0 Å². The number of halogens is 4. The summed E-state index contributed by atoms with van der Waals surface area (Å²) in [7, 11) is 1.91. The van der Waals surface area contributed by atoms with Crippen molar-refractivity contribution in [2.45, 2.75) is 48.9 Å². The van der Waals surface area contributed by atoms with Crippen LogP contribution in [0.15, 0.2) is 90.5 Å². The highest BCUT2D eigenvalue weighted by atomic mass is 35.6. The Hall–Kier alpha value is -2.92. The van der Waals surface area contributed by atoms with Crippen molar-refractivity contribution in [1.82, 2.24) is 10.2 Å². The number of nitrogens with one attached hydrogen (secondary N) is 2. The van der Waals surface area contributed by atoms with Crippen molar-refractivity contribution in [3.05, 3.63) is 102 Å². The van der Waals surface area contributed by atoms with Crippen LogP contribution >= 0.6 is 47.0 Å².